The van der Waals surface area contributed by atoms with Crippen molar-refractivity contribution in [3.8, 4) is 0 Å². The fraction of sp³-hybridized carbons (Fsp3) is 0.929. The van der Waals surface area contributed by atoms with E-state index in [-0.39, 0.29) is 29.5 Å². The van der Waals surface area contributed by atoms with Gasteiger partial charge in [0.05, 0.1) is 6.54 Å². The smallest absolute Gasteiger partial charge is 0.191 e. The lowest BCUT2D eigenvalue weighted by atomic mass is 10.1. The van der Waals surface area contributed by atoms with Crippen LogP contribution in [0.4, 0.5) is 0 Å². The maximum Gasteiger partial charge on any atom is 0.191 e. The van der Waals surface area contributed by atoms with Crippen LogP contribution in [-0.4, -0.2) is 50.1 Å². The average molecular weight is 384 g/mol. The van der Waals surface area contributed by atoms with Crippen LogP contribution in [0.3, 0.4) is 0 Å². The molecule has 0 unspecified atom stereocenters. The highest BCUT2D eigenvalue weighted by atomic mass is 127. The van der Waals surface area contributed by atoms with Gasteiger partial charge in [0.2, 0.25) is 0 Å². The van der Waals surface area contributed by atoms with Crippen molar-refractivity contribution in [3.05, 3.63) is 0 Å². The summed E-state index contributed by atoms with van der Waals surface area (Å²) in [6, 6.07) is 0. The first-order valence-electron chi connectivity index (χ1n) is 7.13. The summed E-state index contributed by atoms with van der Waals surface area (Å²) in [5.41, 5.74) is 0.0891. The molecule has 0 saturated carbocycles. The highest BCUT2D eigenvalue weighted by molar-refractivity contribution is 14.0. The minimum atomic E-state index is 0. The summed E-state index contributed by atoms with van der Waals surface area (Å²) in [5, 5.41) is 6.68. The van der Waals surface area contributed by atoms with Crippen LogP contribution in [0.25, 0.3) is 0 Å². The maximum atomic E-state index is 4.66. The highest BCUT2D eigenvalue weighted by Gasteiger charge is 2.19. The van der Waals surface area contributed by atoms with Gasteiger partial charge < -0.3 is 15.5 Å². The molecule has 2 N–H and O–H groups in total. The number of rotatable bonds is 8. The molecule has 0 radical (unpaired) electrons. The van der Waals surface area contributed by atoms with Crippen molar-refractivity contribution in [1.82, 2.24) is 15.5 Å². The molecule has 0 bridgehead atoms. The summed E-state index contributed by atoms with van der Waals surface area (Å²) in [6.45, 7) is 11.4. The molecule has 0 saturated heterocycles. The van der Waals surface area contributed by atoms with Gasteiger partial charge in [-0.05, 0) is 41.3 Å². The predicted octanol–water partition coefficient (Wildman–Crippen LogP) is 2.69. The second-order valence-corrected chi connectivity index (χ2v) is 5.54. The van der Waals surface area contributed by atoms with E-state index in [1.165, 1.54) is 19.3 Å². The lowest BCUT2D eigenvalue weighted by Crippen LogP contribution is -2.43. The van der Waals surface area contributed by atoms with Gasteiger partial charge >= 0.3 is 0 Å². The van der Waals surface area contributed by atoms with Gasteiger partial charge in [0.25, 0.3) is 0 Å². The van der Waals surface area contributed by atoms with Gasteiger partial charge in [0.1, 0.15) is 0 Å². The highest BCUT2D eigenvalue weighted by Crippen LogP contribution is 2.09. The van der Waals surface area contributed by atoms with E-state index in [2.05, 4.69) is 62.3 Å². The predicted molar refractivity (Wildman–Crippen MR) is 96.7 cm³/mol. The van der Waals surface area contributed by atoms with Gasteiger partial charge in [-0.25, -0.2) is 0 Å². The molecule has 0 aromatic carbocycles. The van der Waals surface area contributed by atoms with E-state index in [4.69, 9.17) is 0 Å². The number of hydrogen-bond acceptors (Lipinski definition) is 2. The zero-order chi connectivity index (χ0) is 14.0. The van der Waals surface area contributed by atoms with Crippen molar-refractivity contribution in [2.45, 2.75) is 52.5 Å². The molecular formula is C14H33IN4. The first-order valence-corrected chi connectivity index (χ1v) is 7.13. The Morgan fingerprint density at radius 2 is 1.74 bits per heavy atom. The molecule has 0 rings (SSSR count). The fourth-order valence-corrected chi connectivity index (χ4v) is 1.34. The molecule has 0 atom stereocenters. The lowest BCUT2D eigenvalue weighted by Gasteiger charge is -2.31. The third-order valence-electron chi connectivity index (χ3n) is 3.25. The van der Waals surface area contributed by atoms with Gasteiger partial charge in [-0.3, -0.25) is 4.99 Å². The topological polar surface area (TPSA) is 39.7 Å². The standard InChI is InChI=1S/C14H32N4.HI/c1-7-9-10-11-16-13(15-8-2)17-12-14(3,4)18(5)6;/h7-12H2,1-6H3,(H2,15,16,17);1H. The molecule has 19 heavy (non-hydrogen) atoms. The molecule has 0 aromatic heterocycles. The Bertz CT molecular complexity index is 240. The monoisotopic (exact) mass is 384 g/mol. The Labute approximate surface area is 136 Å². The Kier molecular flexibility index (Phi) is 13.2. The van der Waals surface area contributed by atoms with Gasteiger partial charge in [-0.2, -0.15) is 0 Å². The number of aliphatic imine (C=N–C) groups is 1. The number of nitrogens with zero attached hydrogens (tertiary/aromatic N) is 2. The largest absolute Gasteiger partial charge is 0.357 e. The first-order chi connectivity index (χ1) is 8.44. The van der Waals surface area contributed by atoms with Crippen molar-refractivity contribution in [2.24, 2.45) is 4.99 Å². The van der Waals surface area contributed by atoms with Crippen LogP contribution < -0.4 is 10.6 Å². The number of halogens is 1. The van der Waals surface area contributed by atoms with E-state index in [9.17, 15) is 0 Å². The summed E-state index contributed by atoms with van der Waals surface area (Å²) in [7, 11) is 4.19. The Morgan fingerprint density at radius 3 is 2.21 bits per heavy atom. The number of hydrogen-bond donors (Lipinski definition) is 2. The Balaban J connectivity index is 0. The zero-order valence-corrected chi connectivity index (χ0v) is 15.9. The summed E-state index contributed by atoms with van der Waals surface area (Å²) in [4.78, 5) is 6.86. The number of unbranched alkanes of at least 4 members (excludes halogenated alkanes) is 2. The van der Waals surface area contributed by atoms with Crippen molar-refractivity contribution in [3.63, 3.8) is 0 Å². The van der Waals surface area contributed by atoms with E-state index in [1.54, 1.807) is 0 Å². The number of nitrogens with one attached hydrogen (secondary N) is 2. The molecule has 5 heteroatoms. The van der Waals surface area contributed by atoms with E-state index in [1.807, 2.05) is 0 Å². The molecule has 0 amide bonds. The molecule has 0 aliphatic carbocycles. The minimum absolute atomic E-state index is 0. The summed E-state index contributed by atoms with van der Waals surface area (Å²) >= 11 is 0. The number of guanidine groups is 1. The normalized spacial score (nSPS) is 12.3. The minimum Gasteiger partial charge on any atom is -0.357 e. The quantitative estimate of drug-likeness (QED) is 0.293. The van der Waals surface area contributed by atoms with Crippen LogP contribution in [0.15, 0.2) is 4.99 Å². The van der Waals surface area contributed by atoms with Gasteiger partial charge in [0, 0.05) is 18.6 Å². The third kappa shape index (κ3) is 10.4. The Morgan fingerprint density at radius 1 is 1.11 bits per heavy atom. The van der Waals surface area contributed by atoms with Gasteiger partial charge in [0.15, 0.2) is 5.96 Å². The summed E-state index contributed by atoms with van der Waals surface area (Å²) < 4.78 is 0. The van der Waals surface area contributed by atoms with Crippen LogP contribution in [0.5, 0.6) is 0 Å². The van der Waals surface area contributed by atoms with E-state index in [0.29, 0.717) is 0 Å². The zero-order valence-electron chi connectivity index (χ0n) is 13.5. The van der Waals surface area contributed by atoms with Crippen molar-refractivity contribution in [2.75, 3.05) is 33.7 Å². The second-order valence-electron chi connectivity index (χ2n) is 5.54. The van der Waals surface area contributed by atoms with E-state index < -0.39 is 0 Å². The molecule has 0 fully saturated rings. The molecule has 116 valence electrons. The van der Waals surface area contributed by atoms with Crippen LogP contribution in [-0.2, 0) is 0 Å². The lowest BCUT2D eigenvalue weighted by molar-refractivity contribution is 0.204. The fourth-order valence-electron chi connectivity index (χ4n) is 1.34. The molecule has 0 heterocycles. The molecule has 4 nitrogen and oxygen atoms in total. The van der Waals surface area contributed by atoms with Crippen molar-refractivity contribution >= 4 is 29.9 Å². The van der Waals surface area contributed by atoms with Crippen molar-refractivity contribution < 1.29 is 0 Å². The first kappa shape index (κ1) is 21.3. The molecule has 0 aliphatic heterocycles. The summed E-state index contributed by atoms with van der Waals surface area (Å²) in [5.74, 6) is 0.934. The second kappa shape index (κ2) is 11.8. The summed E-state index contributed by atoms with van der Waals surface area (Å²) in [6.07, 6.45) is 3.73. The molecule has 0 aromatic rings. The van der Waals surface area contributed by atoms with Crippen LogP contribution in [0.2, 0.25) is 0 Å². The average Bonchev–Trinajstić information content (AvgIpc) is 2.31. The molecule has 0 spiro atoms. The maximum absolute atomic E-state index is 4.66. The third-order valence-corrected chi connectivity index (χ3v) is 3.25. The van der Waals surface area contributed by atoms with Crippen LogP contribution in [0.1, 0.15) is 47.0 Å². The van der Waals surface area contributed by atoms with Crippen LogP contribution >= 0.6 is 24.0 Å². The van der Waals surface area contributed by atoms with E-state index in [0.717, 1.165) is 25.6 Å². The number of likely N-dealkylation sites (N-methyl/N-ethyl adjacent to an activating group) is 1. The van der Waals surface area contributed by atoms with E-state index >= 15 is 0 Å². The Hall–Kier alpha value is -0.0400. The van der Waals surface area contributed by atoms with Gasteiger partial charge in [-0.1, -0.05) is 19.8 Å². The SMILES string of the molecule is CCCCCNC(=NCC(C)(C)N(C)C)NCC.I. The molecular weight excluding hydrogens is 351 g/mol. The van der Waals surface area contributed by atoms with Crippen molar-refractivity contribution in [1.29, 1.82) is 0 Å². The molecule has 0 aliphatic rings. The van der Waals surface area contributed by atoms with Gasteiger partial charge in [-0.15, -0.1) is 24.0 Å². The van der Waals surface area contributed by atoms with Crippen LogP contribution in [0, 0.1) is 0 Å².